The Labute approximate surface area is 66.7 Å². The molecule has 0 N–H and O–H groups in total. The van der Waals surface area contributed by atoms with Gasteiger partial charge in [0, 0.05) is 7.11 Å². The van der Waals surface area contributed by atoms with Crippen LogP contribution in [-0.2, 0) is 14.3 Å². The van der Waals surface area contributed by atoms with E-state index >= 15 is 0 Å². The fourth-order valence-corrected chi connectivity index (χ4v) is 1.45. The van der Waals surface area contributed by atoms with Crippen LogP contribution in [-0.4, -0.2) is 25.8 Å². The van der Waals surface area contributed by atoms with Crippen LogP contribution in [0.2, 0.25) is 0 Å². The van der Waals surface area contributed by atoms with Crippen molar-refractivity contribution in [1.82, 2.24) is 0 Å². The molecule has 0 unspecified atom stereocenters. The second kappa shape index (κ2) is 4.34. The van der Waals surface area contributed by atoms with E-state index in [2.05, 4.69) is 0 Å². The fraction of sp³-hybridized carbons (Fsp3) is 0.875. The largest absolute Gasteiger partial charge is 0.454 e. The van der Waals surface area contributed by atoms with Crippen LogP contribution in [0.1, 0.15) is 25.7 Å². The molecular formula is C8H13O3. The molecule has 0 spiro atoms. The van der Waals surface area contributed by atoms with E-state index < -0.39 is 0 Å². The Morgan fingerprint density at radius 3 is 2.18 bits per heavy atom. The predicted octanol–water partition coefficient (Wildman–Crippen LogP) is 1.03. The first kappa shape index (κ1) is 8.53. The van der Waals surface area contributed by atoms with Gasteiger partial charge in [0.25, 0.3) is 0 Å². The Bertz CT molecular complexity index is 117. The second-order valence-electron chi connectivity index (χ2n) is 2.84. The minimum absolute atomic E-state index is 0.0823. The highest BCUT2D eigenvalue weighted by Gasteiger charge is 2.21. The zero-order valence-corrected chi connectivity index (χ0v) is 6.71. The van der Waals surface area contributed by atoms with Crippen molar-refractivity contribution in [2.24, 2.45) is 0 Å². The molecule has 0 aromatic heterocycles. The molecule has 1 aliphatic carbocycles. The molecule has 1 fully saturated rings. The van der Waals surface area contributed by atoms with Gasteiger partial charge in [-0.25, -0.2) is 4.79 Å². The summed E-state index contributed by atoms with van der Waals surface area (Å²) in [5.41, 5.74) is 0. The first-order valence-electron chi connectivity index (χ1n) is 3.92. The highest BCUT2D eigenvalue weighted by Crippen LogP contribution is 2.22. The Kier molecular flexibility index (Phi) is 3.36. The Morgan fingerprint density at radius 2 is 1.73 bits per heavy atom. The van der Waals surface area contributed by atoms with E-state index in [1.165, 1.54) is 6.47 Å². The molecule has 3 heteroatoms. The van der Waals surface area contributed by atoms with Crippen molar-refractivity contribution in [1.29, 1.82) is 0 Å². The quantitative estimate of drug-likeness (QED) is 0.613. The maximum Gasteiger partial charge on any atom is 0.417 e. The standard InChI is InChI=1S/C8H13O3/c1-10-7-2-4-8(5-3-7)11-6-9/h7-8H,2-5H2,1H3. The fourth-order valence-electron chi connectivity index (χ4n) is 1.45. The summed E-state index contributed by atoms with van der Waals surface area (Å²) in [6.07, 6.45) is 4.24. The zero-order chi connectivity index (χ0) is 8.10. The third kappa shape index (κ3) is 2.50. The lowest BCUT2D eigenvalue weighted by Crippen LogP contribution is -2.25. The Hall–Kier alpha value is -0.570. The summed E-state index contributed by atoms with van der Waals surface area (Å²) in [4.78, 5) is 9.85. The molecule has 3 nitrogen and oxygen atoms in total. The maximum absolute atomic E-state index is 9.85. The first-order valence-corrected chi connectivity index (χ1v) is 3.92. The van der Waals surface area contributed by atoms with Crippen LogP contribution in [0, 0.1) is 0 Å². The normalized spacial score (nSPS) is 31.4. The molecule has 63 valence electrons. The maximum atomic E-state index is 9.85. The monoisotopic (exact) mass is 157 g/mol. The number of carbonyl (C=O) groups excluding carboxylic acids is 1. The lowest BCUT2D eigenvalue weighted by molar-refractivity contribution is 0.0279. The van der Waals surface area contributed by atoms with E-state index in [1.807, 2.05) is 0 Å². The van der Waals surface area contributed by atoms with Crippen molar-refractivity contribution in [3.8, 4) is 0 Å². The van der Waals surface area contributed by atoms with Gasteiger partial charge in [0.15, 0.2) is 0 Å². The molecular weight excluding hydrogens is 144 g/mol. The van der Waals surface area contributed by atoms with Crippen molar-refractivity contribution in [3.05, 3.63) is 0 Å². The van der Waals surface area contributed by atoms with Crippen molar-refractivity contribution in [2.45, 2.75) is 37.9 Å². The molecule has 0 atom stereocenters. The van der Waals surface area contributed by atoms with Gasteiger partial charge >= 0.3 is 6.47 Å². The zero-order valence-electron chi connectivity index (χ0n) is 6.71. The summed E-state index contributed by atoms with van der Waals surface area (Å²) < 4.78 is 9.88. The topological polar surface area (TPSA) is 35.5 Å². The summed E-state index contributed by atoms with van der Waals surface area (Å²) in [6, 6.07) is 0. The summed E-state index contributed by atoms with van der Waals surface area (Å²) in [7, 11) is 1.72. The van der Waals surface area contributed by atoms with Crippen LogP contribution in [0.4, 0.5) is 0 Å². The highest BCUT2D eigenvalue weighted by atomic mass is 16.5. The van der Waals surface area contributed by atoms with E-state index in [4.69, 9.17) is 9.47 Å². The van der Waals surface area contributed by atoms with Crippen LogP contribution in [0.5, 0.6) is 0 Å². The first-order chi connectivity index (χ1) is 5.36. The molecule has 0 aromatic carbocycles. The second-order valence-corrected chi connectivity index (χ2v) is 2.84. The van der Waals surface area contributed by atoms with Crippen molar-refractivity contribution >= 4 is 6.47 Å². The van der Waals surface area contributed by atoms with Gasteiger partial charge in [-0.05, 0) is 25.7 Å². The van der Waals surface area contributed by atoms with Crippen molar-refractivity contribution < 1.29 is 14.3 Å². The molecule has 0 aromatic rings. The Morgan fingerprint density at radius 1 is 1.18 bits per heavy atom. The number of hydrogen-bond donors (Lipinski definition) is 0. The number of rotatable bonds is 3. The average molecular weight is 157 g/mol. The Balaban J connectivity index is 2.18. The molecule has 1 saturated carbocycles. The average Bonchev–Trinajstić information content (AvgIpc) is 2.07. The van der Waals surface area contributed by atoms with Crippen LogP contribution >= 0.6 is 0 Å². The van der Waals surface area contributed by atoms with Crippen LogP contribution in [0.25, 0.3) is 0 Å². The minimum atomic E-state index is 0.0823. The van der Waals surface area contributed by atoms with Gasteiger partial charge in [-0.2, -0.15) is 0 Å². The van der Waals surface area contributed by atoms with Gasteiger partial charge < -0.3 is 9.47 Å². The van der Waals surface area contributed by atoms with Gasteiger partial charge in [0.1, 0.15) is 6.10 Å². The lowest BCUT2D eigenvalue weighted by atomic mass is 9.95. The van der Waals surface area contributed by atoms with Gasteiger partial charge in [-0.1, -0.05) is 0 Å². The van der Waals surface area contributed by atoms with Gasteiger partial charge in [-0.15, -0.1) is 0 Å². The smallest absolute Gasteiger partial charge is 0.417 e. The molecule has 11 heavy (non-hydrogen) atoms. The van der Waals surface area contributed by atoms with E-state index in [0.29, 0.717) is 6.10 Å². The third-order valence-corrected chi connectivity index (χ3v) is 2.17. The SMILES string of the molecule is COC1CCC(O[C]=O)CC1. The van der Waals surface area contributed by atoms with Crippen molar-refractivity contribution in [3.63, 3.8) is 0 Å². The molecule has 0 aliphatic heterocycles. The molecule has 0 saturated heterocycles. The van der Waals surface area contributed by atoms with Crippen LogP contribution in [0.15, 0.2) is 0 Å². The van der Waals surface area contributed by atoms with Crippen molar-refractivity contribution in [2.75, 3.05) is 7.11 Å². The summed E-state index contributed by atoms with van der Waals surface area (Å²) >= 11 is 0. The van der Waals surface area contributed by atoms with E-state index in [1.54, 1.807) is 7.11 Å². The van der Waals surface area contributed by atoms with Gasteiger partial charge in [-0.3, -0.25) is 0 Å². The minimum Gasteiger partial charge on any atom is -0.454 e. The van der Waals surface area contributed by atoms with E-state index in [0.717, 1.165) is 25.7 Å². The summed E-state index contributed by atoms with van der Waals surface area (Å²) in [5, 5.41) is 0. The molecule has 1 rings (SSSR count). The van der Waals surface area contributed by atoms with E-state index in [9.17, 15) is 4.79 Å². The van der Waals surface area contributed by atoms with Gasteiger partial charge in [0.05, 0.1) is 6.10 Å². The lowest BCUT2D eigenvalue weighted by Gasteiger charge is -2.25. The van der Waals surface area contributed by atoms with E-state index in [-0.39, 0.29) is 6.10 Å². The highest BCUT2D eigenvalue weighted by molar-refractivity contribution is 5.38. The number of methoxy groups -OCH3 is 1. The predicted molar refractivity (Wildman–Crippen MR) is 39.8 cm³/mol. The number of ether oxygens (including phenoxy) is 2. The van der Waals surface area contributed by atoms with Gasteiger partial charge in [0.2, 0.25) is 0 Å². The molecule has 0 amide bonds. The molecule has 0 bridgehead atoms. The molecule has 1 aliphatic rings. The summed E-state index contributed by atoms with van der Waals surface area (Å²) in [5.74, 6) is 0. The summed E-state index contributed by atoms with van der Waals surface area (Å²) in [6.45, 7) is 1.48. The molecule has 1 radical (unpaired) electrons. The molecule has 0 heterocycles. The third-order valence-electron chi connectivity index (χ3n) is 2.17. The van der Waals surface area contributed by atoms with Crippen LogP contribution in [0.3, 0.4) is 0 Å². The van der Waals surface area contributed by atoms with Crippen LogP contribution < -0.4 is 0 Å². The number of hydrogen-bond acceptors (Lipinski definition) is 3.